The van der Waals surface area contributed by atoms with E-state index in [4.69, 9.17) is 9.47 Å². The molecule has 6 nitrogen and oxygen atoms in total. The summed E-state index contributed by atoms with van der Waals surface area (Å²) in [6, 6.07) is 14.8. The van der Waals surface area contributed by atoms with Crippen molar-refractivity contribution in [3.63, 3.8) is 0 Å². The van der Waals surface area contributed by atoms with Crippen LogP contribution < -0.4 is 25.4 Å². The van der Waals surface area contributed by atoms with Gasteiger partial charge in [-0.25, -0.2) is 0 Å². The lowest BCUT2D eigenvalue weighted by atomic mass is 9.88. The number of anilines is 1. The number of benzene rings is 2. The van der Waals surface area contributed by atoms with E-state index in [-0.39, 0.29) is 0 Å². The zero-order valence-corrected chi connectivity index (χ0v) is 14.3. The van der Waals surface area contributed by atoms with Crippen LogP contribution in [0.3, 0.4) is 0 Å². The average molecular weight is 337 g/mol. The van der Waals surface area contributed by atoms with Crippen molar-refractivity contribution in [3.8, 4) is 17.6 Å². The van der Waals surface area contributed by atoms with Gasteiger partial charge in [-0.2, -0.15) is 5.26 Å². The summed E-state index contributed by atoms with van der Waals surface area (Å²) in [5.74, 6) is 1.06. The number of ether oxygens (including phenoxy) is 2. The molecule has 2 aromatic rings. The second-order valence-corrected chi connectivity index (χ2v) is 5.77. The average Bonchev–Trinajstić information content (AvgIpc) is 2.65. The molecule has 128 valence electrons. The summed E-state index contributed by atoms with van der Waals surface area (Å²) in [5, 5.41) is 25.0. The van der Waals surface area contributed by atoms with Crippen molar-refractivity contribution < 1.29 is 14.6 Å². The van der Waals surface area contributed by atoms with Gasteiger partial charge in [-0.15, -0.1) is 0 Å². The van der Waals surface area contributed by atoms with Crippen LogP contribution in [0.2, 0.25) is 0 Å². The quantitative estimate of drug-likeness (QED) is 0.819. The number of nitrogens with zero attached hydrogens (tertiary/aromatic N) is 2. The highest BCUT2D eigenvalue weighted by atomic mass is 16.5. The molecule has 2 atom stereocenters. The van der Waals surface area contributed by atoms with E-state index in [1.807, 2.05) is 36.4 Å². The van der Waals surface area contributed by atoms with E-state index < -0.39 is 11.8 Å². The van der Waals surface area contributed by atoms with Crippen LogP contribution >= 0.6 is 0 Å². The lowest BCUT2D eigenvalue weighted by Gasteiger charge is -2.32. The Kier molecular flexibility index (Phi) is 4.34. The van der Waals surface area contributed by atoms with Crippen molar-refractivity contribution in [3.05, 3.63) is 53.0 Å². The molecule has 0 aliphatic carbocycles. The fraction of sp³-hybridized carbons (Fsp3) is 0.263. The normalized spacial score (nSPS) is 21.6. The molecule has 2 unspecified atom stereocenters. The summed E-state index contributed by atoms with van der Waals surface area (Å²) in [4.78, 5) is 4.56. The Bertz CT molecular complexity index is 950. The highest BCUT2D eigenvalue weighted by Crippen LogP contribution is 2.28. The fourth-order valence-corrected chi connectivity index (χ4v) is 2.89. The molecule has 0 aromatic heterocycles. The number of para-hydroxylation sites is 1. The van der Waals surface area contributed by atoms with Gasteiger partial charge in [-0.3, -0.25) is 4.99 Å². The number of aliphatic hydroxyl groups is 1. The zero-order valence-electron chi connectivity index (χ0n) is 14.3. The van der Waals surface area contributed by atoms with Gasteiger partial charge < -0.3 is 19.9 Å². The van der Waals surface area contributed by atoms with Crippen LogP contribution in [0, 0.1) is 11.3 Å². The first-order chi connectivity index (χ1) is 12.0. The zero-order chi connectivity index (χ0) is 18.0. The first kappa shape index (κ1) is 16.8. The molecule has 0 bridgehead atoms. The molecule has 0 fully saturated rings. The van der Waals surface area contributed by atoms with Gasteiger partial charge in [0.05, 0.1) is 19.6 Å². The van der Waals surface area contributed by atoms with Crippen LogP contribution in [-0.2, 0) is 0 Å². The third kappa shape index (κ3) is 2.79. The van der Waals surface area contributed by atoms with E-state index in [9.17, 15) is 10.4 Å². The SMILES string of the molecule is COc1cc2c(cc1OC)=C(C)C(O)(C#N)C(Nc1ccccc1)N=2. The Morgan fingerprint density at radius 2 is 1.80 bits per heavy atom. The highest BCUT2D eigenvalue weighted by Gasteiger charge is 2.41. The number of rotatable bonds is 4. The summed E-state index contributed by atoms with van der Waals surface area (Å²) in [5.41, 5.74) is -0.501. The standard InChI is InChI=1S/C19H19N3O3/c1-12-14-9-16(24-2)17(25-3)10-15(14)22-18(19(12,23)11-20)21-13-7-5-4-6-8-13/h4-10,18,21,23H,1-3H3. The summed E-state index contributed by atoms with van der Waals surface area (Å²) in [7, 11) is 3.09. The molecular weight excluding hydrogens is 318 g/mol. The van der Waals surface area contributed by atoms with Gasteiger partial charge in [0.2, 0.25) is 5.60 Å². The van der Waals surface area contributed by atoms with Crippen molar-refractivity contribution in [1.82, 2.24) is 0 Å². The number of nitrogens with one attached hydrogen (secondary N) is 1. The largest absolute Gasteiger partial charge is 0.493 e. The van der Waals surface area contributed by atoms with Gasteiger partial charge >= 0.3 is 0 Å². The molecule has 0 spiro atoms. The molecule has 3 rings (SSSR count). The van der Waals surface area contributed by atoms with Gasteiger partial charge in [-0.05, 0) is 30.7 Å². The number of nitriles is 1. The van der Waals surface area contributed by atoms with Crippen LogP contribution in [0.1, 0.15) is 6.92 Å². The topological polar surface area (TPSA) is 86.9 Å². The summed E-state index contributed by atoms with van der Waals surface area (Å²) >= 11 is 0. The van der Waals surface area contributed by atoms with Crippen molar-refractivity contribution >= 4 is 11.3 Å². The maximum absolute atomic E-state index is 11.0. The molecule has 0 radical (unpaired) electrons. The van der Waals surface area contributed by atoms with E-state index in [0.29, 0.717) is 27.6 Å². The van der Waals surface area contributed by atoms with Crippen molar-refractivity contribution in [2.45, 2.75) is 18.7 Å². The number of methoxy groups -OCH3 is 2. The minimum Gasteiger partial charge on any atom is -0.493 e. The van der Waals surface area contributed by atoms with Gasteiger partial charge in [0.25, 0.3) is 0 Å². The first-order valence-electron chi connectivity index (χ1n) is 7.80. The second kappa shape index (κ2) is 6.46. The van der Waals surface area contributed by atoms with E-state index in [1.165, 1.54) is 7.11 Å². The Hall–Kier alpha value is -3.04. The Morgan fingerprint density at radius 3 is 2.40 bits per heavy atom. The molecule has 25 heavy (non-hydrogen) atoms. The summed E-state index contributed by atoms with van der Waals surface area (Å²) < 4.78 is 10.6. The predicted molar refractivity (Wildman–Crippen MR) is 93.8 cm³/mol. The molecule has 0 saturated carbocycles. The molecule has 2 aromatic carbocycles. The van der Waals surface area contributed by atoms with E-state index >= 15 is 0 Å². The molecule has 6 heteroatoms. The van der Waals surface area contributed by atoms with Crippen LogP contribution in [-0.4, -0.2) is 31.1 Å². The molecule has 2 N–H and O–H groups in total. The summed E-state index contributed by atoms with van der Waals surface area (Å²) in [6.45, 7) is 1.72. The van der Waals surface area contributed by atoms with Gasteiger partial charge in [-0.1, -0.05) is 18.2 Å². The van der Waals surface area contributed by atoms with Gasteiger partial charge in [0, 0.05) is 17.0 Å². The third-order valence-electron chi connectivity index (χ3n) is 4.39. The van der Waals surface area contributed by atoms with E-state index in [2.05, 4.69) is 10.3 Å². The fourth-order valence-electron chi connectivity index (χ4n) is 2.89. The van der Waals surface area contributed by atoms with Crippen LogP contribution in [0.15, 0.2) is 47.5 Å². The maximum Gasteiger partial charge on any atom is 0.214 e. The lowest BCUT2D eigenvalue weighted by molar-refractivity contribution is 0.134. The van der Waals surface area contributed by atoms with Gasteiger partial charge in [0.15, 0.2) is 17.7 Å². The van der Waals surface area contributed by atoms with Crippen LogP contribution in [0.25, 0.3) is 5.57 Å². The van der Waals surface area contributed by atoms with Crippen molar-refractivity contribution in [1.29, 1.82) is 5.26 Å². The molecule has 0 saturated heterocycles. The number of hydrogen-bond donors (Lipinski definition) is 2. The first-order valence-corrected chi connectivity index (χ1v) is 7.80. The maximum atomic E-state index is 11.0. The van der Waals surface area contributed by atoms with Gasteiger partial charge in [0.1, 0.15) is 6.07 Å². The predicted octanol–water partition coefficient (Wildman–Crippen LogP) is 1.20. The minimum atomic E-state index is -1.78. The Balaban J connectivity index is 2.20. The van der Waals surface area contributed by atoms with Crippen molar-refractivity contribution in [2.75, 3.05) is 19.5 Å². The molecule has 0 amide bonds. The Labute approximate surface area is 145 Å². The molecule has 1 aliphatic rings. The highest BCUT2D eigenvalue weighted by molar-refractivity contribution is 5.63. The monoisotopic (exact) mass is 337 g/mol. The Morgan fingerprint density at radius 1 is 1.16 bits per heavy atom. The smallest absolute Gasteiger partial charge is 0.214 e. The van der Waals surface area contributed by atoms with Crippen LogP contribution in [0.5, 0.6) is 11.5 Å². The second-order valence-electron chi connectivity index (χ2n) is 5.77. The van der Waals surface area contributed by atoms with E-state index in [1.54, 1.807) is 26.2 Å². The van der Waals surface area contributed by atoms with Crippen LogP contribution in [0.4, 0.5) is 5.69 Å². The molecule has 1 aliphatic heterocycles. The molecule has 1 heterocycles. The summed E-state index contributed by atoms with van der Waals surface area (Å²) in [6.07, 6.45) is -0.842. The number of fused-ring (bicyclic) bond motifs is 1. The third-order valence-corrected chi connectivity index (χ3v) is 4.39. The van der Waals surface area contributed by atoms with Crippen molar-refractivity contribution in [2.24, 2.45) is 4.99 Å². The van der Waals surface area contributed by atoms with E-state index in [0.717, 1.165) is 5.69 Å². The molecular formula is C19H19N3O3. The minimum absolute atomic E-state index is 0.509. The lowest BCUT2D eigenvalue weighted by Crippen LogP contribution is -2.53. The number of hydrogen-bond acceptors (Lipinski definition) is 6.